The van der Waals surface area contributed by atoms with Gasteiger partial charge in [0.2, 0.25) is 10.0 Å². The molecule has 0 saturated carbocycles. The molecule has 1 aromatic carbocycles. The molecule has 0 bridgehead atoms. The fourth-order valence-corrected chi connectivity index (χ4v) is 2.86. The van der Waals surface area contributed by atoms with Crippen molar-refractivity contribution in [2.24, 2.45) is 0 Å². The molecule has 0 aliphatic carbocycles. The highest BCUT2D eigenvalue weighted by Gasteiger charge is 2.23. The molecular formula is C13H20ClFN2O4S. The Morgan fingerprint density at radius 2 is 1.95 bits per heavy atom. The molecule has 0 aliphatic rings. The summed E-state index contributed by atoms with van der Waals surface area (Å²) in [6.45, 7) is 3.41. The van der Waals surface area contributed by atoms with Gasteiger partial charge in [-0.1, -0.05) is 6.92 Å². The number of esters is 1. The number of rotatable bonds is 8. The summed E-state index contributed by atoms with van der Waals surface area (Å²) in [5.41, 5.74) is -0.327. The summed E-state index contributed by atoms with van der Waals surface area (Å²) in [5.74, 6) is -1.61. The molecule has 0 aromatic heterocycles. The lowest BCUT2D eigenvalue weighted by Gasteiger charge is -2.11. The first-order valence-electron chi connectivity index (χ1n) is 6.50. The molecule has 22 heavy (non-hydrogen) atoms. The van der Waals surface area contributed by atoms with Crippen molar-refractivity contribution in [3.63, 3.8) is 0 Å². The second-order valence-corrected chi connectivity index (χ2v) is 6.02. The van der Waals surface area contributed by atoms with E-state index in [1.165, 1.54) is 0 Å². The number of hydrogen-bond donors (Lipinski definition) is 2. The summed E-state index contributed by atoms with van der Waals surface area (Å²) in [7, 11) is -2.80. The molecule has 1 rings (SSSR count). The fourth-order valence-electron chi connectivity index (χ4n) is 1.66. The summed E-state index contributed by atoms with van der Waals surface area (Å²) in [5, 5.41) is 3.04. The highest BCUT2D eigenvalue weighted by Crippen LogP contribution is 2.18. The molecule has 9 heteroatoms. The van der Waals surface area contributed by atoms with Gasteiger partial charge in [0.1, 0.15) is 5.82 Å². The molecule has 0 heterocycles. The maximum absolute atomic E-state index is 13.2. The van der Waals surface area contributed by atoms with Gasteiger partial charge in [0.15, 0.2) is 0 Å². The van der Waals surface area contributed by atoms with Crippen LogP contribution in [0.5, 0.6) is 0 Å². The third-order valence-corrected chi connectivity index (χ3v) is 4.18. The van der Waals surface area contributed by atoms with E-state index in [9.17, 15) is 17.6 Å². The van der Waals surface area contributed by atoms with Gasteiger partial charge in [-0.25, -0.2) is 22.3 Å². The van der Waals surface area contributed by atoms with Crippen molar-refractivity contribution in [3.8, 4) is 0 Å². The van der Waals surface area contributed by atoms with E-state index in [4.69, 9.17) is 0 Å². The van der Waals surface area contributed by atoms with Crippen LogP contribution in [0, 0.1) is 5.82 Å². The van der Waals surface area contributed by atoms with Gasteiger partial charge in [0.25, 0.3) is 0 Å². The van der Waals surface area contributed by atoms with Gasteiger partial charge in [-0.15, -0.1) is 12.4 Å². The Hall–Kier alpha value is -1.22. The Labute approximate surface area is 135 Å². The summed E-state index contributed by atoms with van der Waals surface area (Å²) in [6, 6.07) is 2.87. The lowest BCUT2D eigenvalue weighted by Crippen LogP contribution is -2.33. The van der Waals surface area contributed by atoms with Crippen LogP contribution < -0.4 is 10.0 Å². The minimum absolute atomic E-state index is 0. The lowest BCUT2D eigenvalue weighted by molar-refractivity contribution is 0.0595. The quantitative estimate of drug-likeness (QED) is 0.543. The van der Waals surface area contributed by atoms with E-state index in [0.29, 0.717) is 6.54 Å². The van der Waals surface area contributed by atoms with Gasteiger partial charge < -0.3 is 10.1 Å². The van der Waals surface area contributed by atoms with E-state index in [0.717, 1.165) is 38.3 Å². The standard InChI is InChI=1S/C13H19FN2O4S.ClH/c1-3-6-15-7-8-16-21(18,19)12-5-4-10(14)9-11(12)13(17)20-2;/h4-5,9,15-16H,3,6-8H2,1-2H3;1H. The number of ether oxygens (including phenoxy) is 1. The number of sulfonamides is 1. The molecule has 0 aliphatic heterocycles. The Balaban J connectivity index is 0.00000441. The molecular weight excluding hydrogens is 335 g/mol. The SMILES string of the molecule is CCCNCCNS(=O)(=O)c1ccc(F)cc1C(=O)OC.Cl. The Bertz CT molecular complexity index is 596. The first kappa shape index (κ1) is 20.8. The van der Waals surface area contributed by atoms with Crippen LogP contribution in [0.2, 0.25) is 0 Å². The average Bonchev–Trinajstić information content (AvgIpc) is 2.45. The number of carbonyl (C=O) groups is 1. The first-order chi connectivity index (χ1) is 9.92. The van der Waals surface area contributed by atoms with Crippen molar-refractivity contribution in [2.45, 2.75) is 18.2 Å². The van der Waals surface area contributed by atoms with E-state index in [2.05, 4.69) is 14.8 Å². The summed E-state index contributed by atoms with van der Waals surface area (Å²) < 4.78 is 44.3. The van der Waals surface area contributed by atoms with Crippen molar-refractivity contribution < 1.29 is 22.3 Å². The van der Waals surface area contributed by atoms with Crippen molar-refractivity contribution in [1.82, 2.24) is 10.0 Å². The van der Waals surface area contributed by atoms with Crippen molar-refractivity contribution >= 4 is 28.4 Å². The molecule has 0 fully saturated rings. The number of nitrogens with one attached hydrogen (secondary N) is 2. The molecule has 0 radical (unpaired) electrons. The monoisotopic (exact) mass is 354 g/mol. The highest BCUT2D eigenvalue weighted by molar-refractivity contribution is 7.89. The summed E-state index contributed by atoms with van der Waals surface area (Å²) in [6.07, 6.45) is 0.942. The summed E-state index contributed by atoms with van der Waals surface area (Å²) >= 11 is 0. The predicted octanol–water partition coefficient (Wildman–Crippen LogP) is 1.31. The Morgan fingerprint density at radius 3 is 2.55 bits per heavy atom. The zero-order chi connectivity index (χ0) is 15.9. The van der Waals surface area contributed by atoms with Crippen LogP contribution in [0.4, 0.5) is 4.39 Å². The number of methoxy groups -OCH3 is 1. The molecule has 126 valence electrons. The molecule has 0 saturated heterocycles. The third-order valence-electron chi connectivity index (χ3n) is 2.66. The minimum atomic E-state index is -3.91. The maximum atomic E-state index is 13.2. The van der Waals surface area contributed by atoms with Crippen LogP contribution in [0.25, 0.3) is 0 Å². The molecule has 2 N–H and O–H groups in total. The molecule has 1 aromatic rings. The zero-order valence-electron chi connectivity index (χ0n) is 12.4. The van der Waals surface area contributed by atoms with E-state index in [1.54, 1.807) is 0 Å². The highest BCUT2D eigenvalue weighted by atomic mass is 35.5. The van der Waals surface area contributed by atoms with Crippen molar-refractivity contribution in [2.75, 3.05) is 26.7 Å². The zero-order valence-corrected chi connectivity index (χ0v) is 14.0. The van der Waals surface area contributed by atoms with Crippen LogP contribution in [-0.2, 0) is 14.8 Å². The average molecular weight is 355 g/mol. The van der Waals surface area contributed by atoms with Gasteiger partial charge >= 0.3 is 5.97 Å². The lowest BCUT2D eigenvalue weighted by atomic mass is 10.2. The van der Waals surface area contributed by atoms with Gasteiger partial charge in [0.05, 0.1) is 17.6 Å². The predicted molar refractivity (Wildman–Crippen MR) is 83.3 cm³/mol. The summed E-state index contributed by atoms with van der Waals surface area (Å²) in [4.78, 5) is 11.3. The number of carbonyl (C=O) groups excluding carboxylic acids is 1. The Morgan fingerprint density at radius 1 is 1.27 bits per heavy atom. The topological polar surface area (TPSA) is 84.5 Å². The van der Waals surface area contributed by atoms with Crippen molar-refractivity contribution in [1.29, 1.82) is 0 Å². The number of halogens is 2. The first-order valence-corrected chi connectivity index (χ1v) is 7.99. The van der Waals surface area contributed by atoms with E-state index in [1.807, 2.05) is 6.92 Å². The fraction of sp³-hybridized carbons (Fsp3) is 0.462. The smallest absolute Gasteiger partial charge is 0.339 e. The Kier molecular flexibility index (Phi) is 9.19. The van der Waals surface area contributed by atoms with Crippen LogP contribution >= 0.6 is 12.4 Å². The normalized spacial score (nSPS) is 10.9. The number of hydrogen-bond acceptors (Lipinski definition) is 5. The van der Waals surface area contributed by atoms with Crippen molar-refractivity contribution in [3.05, 3.63) is 29.6 Å². The van der Waals surface area contributed by atoms with Crippen LogP contribution in [-0.4, -0.2) is 41.1 Å². The minimum Gasteiger partial charge on any atom is -0.465 e. The van der Waals surface area contributed by atoms with Gasteiger partial charge in [-0.05, 0) is 31.2 Å². The second kappa shape index (κ2) is 9.73. The van der Waals surface area contributed by atoms with Crippen LogP contribution in [0.1, 0.15) is 23.7 Å². The molecule has 6 nitrogen and oxygen atoms in total. The third kappa shape index (κ3) is 5.88. The molecule has 0 atom stereocenters. The molecule has 0 amide bonds. The van der Waals surface area contributed by atoms with Gasteiger partial charge in [0, 0.05) is 13.1 Å². The molecule has 0 spiro atoms. The second-order valence-electron chi connectivity index (χ2n) is 4.28. The number of benzene rings is 1. The molecule has 0 unspecified atom stereocenters. The van der Waals surface area contributed by atoms with E-state index in [-0.39, 0.29) is 29.4 Å². The van der Waals surface area contributed by atoms with E-state index >= 15 is 0 Å². The van der Waals surface area contributed by atoms with E-state index < -0.39 is 21.8 Å². The van der Waals surface area contributed by atoms with Gasteiger partial charge in [-0.3, -0.25) is 0 Å². The van der Waals surface area contributed by atoms with Gasteiger partial charge in [-0.2, -0.15) is 0 Å². The van der Waals surface area contributed by atoms with Crippen LogP contribution in [0.15, 0.2) is 23.1 Å². The van der Waals surface area contributed by atoms with Crippen LogP contribution in [0.3, 0.4) is 0 Å². The maximum Gasteiger partial charge on any atom is 0.339 e. The largest absolute Gasteiger partial charge is 0.465 e.